The van der Waals surface area contributed by atoms with E-state index in [0.717, 1.165) is 0 Å². The third-order valence-corrected chi connectivity index (χ3v) is 3.17. The molecule has 1 heterocycles. The molecule has 1 rings (SSSR count). The van der Waals surface area contributed by atoms with Crippen LogP contribution in [-0.4, -0.2) is 11.0 Å². The summed E-state index contributed by atoms with van der Waals surface area (Å²) in [5, 5.41) is 0.184. The molecule has 0 aromatic rings. The summed E-state index contributed by atoms with van der Waals surface area (Å²) in [4.78, 5) is 12.4. The lowest BCUT2D eigenvalue weighted by molar-refractivity contribution is -0.117. The molecule has 0 fully saturated rings. The fraction of sp³-hybridized carbons (Fsp3) is 0.625. The summed E-state index contributed by atoms with van der Waals surface area (Å²) in [7, 11) is 0. The number of carbonyl (C=O) groups excluding carboxylic acids is 1. The third kappa shape index (κ3) is 1.43. The summed E-state index contributed by atoms with van der Waals surface area (Å²) in [6.07, 6.45) is 0.667. The van der Waals surface area contributed by atoms with Gasteiger partial charge in [-0.25, -0.2) is 0 Å². The van der Waals surface area contributed by atoms with Crippen LogP contribution in [0.3, 0.4) is 0 Å². The maximum Gasteiger partial charge on any atom is 0.149 e. The normalized spacial score (nSPS) is 27.5. The van der Waals surface area contributed by atoms with Crippen LogP contribution in [0.5, 0.6) is 0 Å². The van der Waals surface area contributed by atoms with Gasteiger partial charge in [-0.1, -0.05) is 5.57 Å². The van der Waals surface area contributed by atoms with Crippen molar-refractivity contribution in [3.63, 3.8) is 0 Å². The Morgan fingerprint density at radius 1 is 1.50 bits per heavy atom. The van der Waals surface area contributed by atoms with Crippen molar-refractivity contribution in [1.82, 2.24) is 0 Å². The number of Topliss-reactive ketones (excluding diaryl/α,β-unsaturated/α-hetero) is 1. The Morgan fingerprint density at radius 2 is 2.10 bits per heavy atom. The largest absolute Gasteiger partial charge is 0.298 e. The first-order chi connectivity index (χ1) is 4.61. The van der Waals surface area contributed by atoms with Crippen LogP contribution in [0.1, 0.15) is 27.2 Å². The molecule has 0 aromatic carbocycles. The Morgan fingerprint density at radius 3 is 2.60 bits per heavy atom. The zero-order valence-corrected chi connectivity index (χ0v) is 7.42. The minimum Gasteiger partial charge on any atom is -0.298 e. The molecule has 0 bridgehead atoms. The highest BCUT2D eigenvalue weighted by Gasteiger charge is 2.20. The van der Waals surface area contributed by atoms with E-state index in [0.29, 0.717) is 12.2 Å². The van der Waals surface area contributed by atoms with E-state index in [1.807, 2.05) is 13.8 Å². The van der Waals surface area contributed by atoms with Gasteiger partial charge in [0.1, 0.15) is 5.78 Å². The summed E-state index contributed by atoms with van der Waals surface area (Å²) in [6.45, 7) is 6.10. The maximum absolute atomic E-state index is 11.1. The summed E-state index contributed by atoms with van der Waals surface area (Å²) in [5.41, 5.74) is 1.24. The van der Waals surface area contributed by atoms with Crippen molar-refractivity contribution in [2.24, 2.45) is 0 Å². The molecule has 1 aliphatic heterocycles. The number of hydrogen-bond acceptors (Lipinski definition) is 2. The van der Waals surface area contributed by atoms with E-state index >= 15 is 0 Å². The van der Waals surface area contributed by atoms with Gasteiger partial charge in [0.15, 0.2) is 0 Å². The second kappa shape index (κ2) is 2.79. The van der Waals surface area contributed by atoms with E-state index in [9.17, 15) is 4.79 Å². The summed E-state index contributed by atoms with van der Waals surface area (Å²) in [5.74, 6) is 0.369. The highest BCUT2D eigenvalue weighted by molar-refractivity contribution is 8.04. The van der Waals surface area contributed by atoms with E-state index in [-0.39, 0.29) is 5.25 Å². The average Bonchev–Trinajstić information content (AvgIpc) is 1.84. The first-order valence-corrected chi connectivity index (χ1v) is 4.35. The molecule has 10 heavy (non-hydrogen) atoms. The van der Waals surface area contributed by atoms with Gasteiger partial charge in [-0.05, 0) is 25.7 Å². The van der Waals surface area contributed by atoms with Gasteiger partial charge in [-0.3, -0.25) is 4.79 Å². The number of thioether (sulfide) groups is 1. The SMILES string of the molecule is CC1=C(C)SC(C)C(=O)C1. The van der Waals surface area contributed by atoms with Crippen molar-refractivity contribution in [3.05, 3.63) is 10.5 Å². The Hall–Kier alpha value is -0.240. The zero-order valence-electron chi connectivity index (χ0n) is 6.60. The number of rotatable bonds is 0. The zero-order chi connectivity index (χ0) is 7.72. The highest BCUT2D eigenvalue weighted by atomic mass is 32.2. The predicted octanol–water partition coefficient (Wildman–Crippen LogP) is 2.37. The first kappa shape index (κ1) is 7.86. The van der Waals surface area contributed by atoms with Crippen LogP contribution in [0, 0.1) is 0 Å². The van der Waals surface area contributed by atoms with Crippen LogP contribution in [0.2, 0.25) is 0 Å². The lowest BCUT2D eigenvalue weighted by Gasteiger charge is -2.18. The molecule has 0 aliphatic carbocycles. The van der Waals surface area contributed by atoms with Crippen molar-refractivity contribution >= 4 is 17.5 Å². The van der Waals surface area contributed by atoms with E-state index in [2.05, 4.69) is 6.92 Å². The fourth-order valence-corrected chi connectivity index (χ4v) is 1.98. The number of carbonyl (C=O) groups is 1. The van der Waals surface area contributed by atoms with Crippen LogP contribution in [0.4, 0.5) is 0 Å². The molecule has 1 aliphatic rings. The first-order valence-electron chi connectivity index (χ1n) is 3.47. The monoisotopic (exact) mass is 156 g/mol. The summed E-state index contributed by atoms with van der Waals surface area (Å²) < 4.78 is 0. The fourth-order valence-electron chi connectivity index (χ4n) is 0.961. The third-order valence-electron chi connectivity index (χ3n) is 1.85. The summed E-state index contributed by atoms with van der Waals surface area (Å²) >= 11 is 1.69. The van der Waals surface area contributed by atoms with Crippen molar-refractivity contribution < 1.29 is 4.79 Å². The van der Waals surface area contributed by atoms with Crippen LogP contribution < -0.4 is 0 Å². The lowest BCUT2D eigenvalue weighted by atomic mass is 10.1. The number of allylic oxidation sites excluding steroid dienone is 2. The molecule has 2 heteroatoms. The van der Waals surface area contributed by atoms with Gasteiger partial charge in [-0.15, -0.1) is 11.8 Å². The molecule has 0 radical (unpaired) electrons. The minimum absolute atomic E-state index is 0.184. The van der Waals surface area contributed by atoms with Gasteiger partial charge in [0.2, 0.25) is 0 Å². The molecule has 0 saturated carbocycles. The summed E-state index contributed by atoms with van der Waals surface area (Å²) in [6, 6.07) is 0. The van der Waals surface area contributed by atoms with Crippen LogP contribution >= 0.6 is 11.8 Å². The van der Waals surface area contributed by atoms with E-state index < -0.39 is 0 Å². The van der Waals surface area contributed by atoms with E-state index in [1.165, 1.54) is 10.5 Å². The minimum atomic E-state index is 0.184. The van der Waals surface area contributed by atoms with Gasteiger partial charge in [-0.2, -0.15) is 0 Å². The highest BCUT2D eigenvalue weighted by Crippen LogP contribution is 2.32. The second-order valence-electron chi connectivity index (χ2n) is 2.74. The van der Waals surface area contributed by atoms with Gasteiger partial charge in [0, 0.05) is 6.42 Å². The van der Waals surface area contributed by atoms with Gasteiger partial charge in [0.25, 0.3) is 0 Å². The van der Waals surface area contributed by atoms with Crippen LogP contribution in [0.15, 0.2) is 10.5 Å². The van der Waals surface area contributed by atoms with Crippen LogP contribution in [0.25, 0.3) is 0 Å². The van der Waals surface area contributed by atoms with Gasteiger partial charge >= 0.3 is 0 Å². The molecule has 1 atom stereocenters. The Kier molecular flexibility index (Phi) is 2.19. The van der Waals surface area contributed by atoms with Gasteiger partial charge in [0.05, 0.1) is 5.25 Å². The molecule has 56 valence electrons. The smallest absolute Gasteiger partial charge is 0.149 e. The topological polar surface area (TPSA) is 17.1 Å². The second-order valence-corrected chi connectivity index (χ2v) is 4.29. The maximum atomic E-state index is 11.1. The number of hydrogen-bond donors (Lipinski definition) is 0. The molecular formula is C8H12OS. The Bertz CT molecular complexity index is 193. The molecule has 0 spiro atoms. The van der Waals surface area contributed by atoms with Crippen LogP contribution in [-0.2, 0) is 4.79 Å². The molecule has 1 unspecified atom stereocenters. The Labute approximate surface area is 65.9 Å². The molecule has 0 aromatic heterocycles. The lowest BCUT2D eigenvalue weighted by Crippen LogP contribution is -2.17. The van der Waals surface area contributed by atoms with Crippen molar-refractivity contribution in [2.75, 3.05) is 0 Å². The van der Waals surface area contributed by atoms with Crippen molar-refractivity contribution in [1.29, 1.82) is 0 Å². The predicted molar refractivity (Wildman–Crippen MR) is 45.1 cm³/mol. The van der Waals surface area contributed by atoms with Crippen molar-refractivity contribution in [3.8, 4) is 0 Å². The van der Waals surface area contributed by atoms with Crippen molar-refractivity contribution in [2.45, 2.75) is 32.4 Å². The quantitative estimate of drug-likeness (QED) is 0.535. The standard InChI is InChI=1S/C8H12OS/c1-5-4-8(9)7(3)10-6(5)2/h7H,4H2,1-3H3. The molecule has 0 saturated heterocycles. The Balaban J connectivity index is 2.79. The molecule has 0 N–H and O–H groups in total. The molecule has 1 nitrogen and oxygen atoms in total. The molecule has 0 amide bonds. The van der Waals surface area contributed by atoms with E-state index in [4.69, 9.17) is 0 Å². The number of ketones is 1. The van der Waals surface area contributed by atoms with E-state index in [1.54, 1.807) is 11.8 Å². The molecular weight excluding hydrogens is 144 g/mol. The van der Waals surface area contributed by atoms with Gasteiger partial charge < -0.3 is 0 Å². The average molecular weight is 156 g/mol.